The molecule has 0 bridgehead atoms. The van der Waals surface area contributed by atoms with Crippen molar-refractivity contribution in [2.45, 2.75) is 13.0 Å². The van der Waals surface area contributed by atoms with Crippen molar-refractivity contribution in [1.82, 2.24) is 4.98 Å². The monoisotopic (exact) mass is 324 g/mol. The zero-order valence-corrected chi connectivity index (χ0v) is 12.2. The van der Waals surface area contributed by atoms with Crippen LogP contribution in [0.5, 0.6) is 5.75 Å². The number of hydrogen-bond donors (Lipinski definition) is 1. The van der Waals surface area contributed by atoms with Gasteiger partial charge in [0.05, 0.1) is 19.3 Å². The van der Waals surface area contributed by atoms with Crippen molar-refractivity contribution in [1.29, 1.82) is 0 Å². The number of nitrogens with one attached hydrogen (secondary N) is 1. The van der Waals surface area contributed by atoms with Gasteiger partial charge in [0.2, 0.25) is 0 Å². The van der Waals surface area contributed by atoms with E-state index in [1.165, 1.54) is 12.3 Å². The number of benzene rings is 1. The first-order valence-corrected chi connectivity index (χ1v) is 6.59. The highest BCUT2D eigenvalue weighted by Gasteiger charge is 2.08. The molecule has 5 heteroatoms. The van der Waals surface area contributed by atoms with Gasteiger partial charge in [-0.15, -0.1) is 0 Å². The Hall–Kier alpha value is -1.62. The number of aromatic nitrogens is 1. The lowest BCUT2D eigenvalue weighted by molar-refractivity contribution is 0.414. The van der Waals surface area contributed by atoms with Crippen molar-refractivity contribution >= 4 is 21.6 Å². The lowest BCUT2D eigenvalue weighted by Crippen LogP contribution is -2.07. The molecule has 0 aliphatic rings. The Balaban J connectivity index is 2.18. The molecule has 3 nitrogen and oxygen atoms in total. The van der Waals surface area contributed by atoms with Crippen LogP contribution in [0.1, 0.15) is 18.5 Å². The van der Waals surface area contributed by atoms with Crippen LogP contribution in [0.15, 0.2) is 41.1 Å². The minimum absolute atomic E-state index is 0.0535. The Morgan fingerprint density at radius 1 is 1.26 bits per heavy atom. The number of rotatable bonds is 4. The Labute approximate surface area is 119 Å². The van der Waals surface area contributed by atoms with Gasteiger partial charge in [0.15, 0.2) is 0 Å². The maximum atomic E-state index is 13.1. The summed E-state index contributed by atoms with van der Waals surface area (Å²) in [5.74, 6) is 0.416. The summed E-state index contributed by atoms with van der Waals surface area (Å²) in [6, 6.07) is 7.11. The smallest absolute Gasteiger partial charge is 0.141 e. The predicted octanol–water partition coefficient (Wildman–Crippen LogP) is 4.16. The molecule has 1 aromatic carbocycles. The third kappa shape index (κ3) is 3.67. The molecule has 0 spiro atoms. The molecule has 1 heterocycles. The van der Waals surface area contributed by atoms with Gasteiger partial charge in [-0.2, -0.15) is 0 Å². The molecule has 0 saturated heterocycles. The SMILES string of the molecule is COc1cc(Br)cc(NC(C)c2cncc(F)c2)c1. The zero-order chi connectivity index (χ0) is 13.8. The molecule has 1 atom stereocenters. The molecule has 0 saturated carbocycles. The first-order valence-electron chi connectivity index (χ1n) is 5.80. The minimum Gasteiger partial charge on any atom is -0.497 e. The predicted molar refractivity (Wildman–Crippen MR) is 76.9 cm³/mol. The van der Waals surface area contributed by atoms with Gasteiger partial charge in [0.25, 0.3) is 0 Å². The topological polar surface area (TPSA) is 34.1 Å². The van der Waals surface area contributed by atoms with E-state index in [9.17, 15) is 4.39 Å². The van der Waals surface area contributed by atoms with E-state index >= 15 is 0 Å². The molecule has 0 amide bonds. The summed E-state index contributed by atoms with van der Waals surface area (Å²) >= 11 is 3.42. The Morgan fingerprint density at radius 3 is 2.74 bits per heavy atom. The fraction of sp³-hybridized carbons (Fsp3) is 0.214. The number of methoxy groups -OCH3 is 1. The highest BCUT2D eigenvalue weighted by Crippen LogP contribution is 2.27. The van der Waals surface area contributed by atoms with E-state index in [0.717, 1.165) is 21.5 Å². The van der Waals surface area contributed by atoms with Crippen molar-refractivity contribution in [3.63, 3.8) is 0 Å². The van der Waals surface area contributed by atoms with Crippen LogP contribution in [0.3, 0.4) is 0 Å². The van der Waals surface area contributed by atoms with Crippen molar-refractivity contribution in [3.8, 4) is 5.75 Å². The van der Waals surface area contributed by atoms with Gasteiger partial charge in [-0.1, -0.05) is 15.9 Å². The largest absolute Gasteiger partial charge is 0.497 e. The molecule has 0 radical (unpaired) electrons. The summed E-state index contributed by atoms with van der Waals surface area (Å²) in [5.41, 5.74) is 1.68. The average Bonchev–Trinajstić information content (AvgIpc) is 2.38. The highest BCUT2D eigenvalue weighted by atomic mass is 79.9. The van der Waals surface area contributed by atoms with Crippen molar-refractivity contribution in [3.05, 3.63) is 52.5 Å². The summed E-state index contributed by atoms with van der Waals surface area (Å²) in [6.07, 6.45) is 2.84. The van der Waals surface area contributed by atoms with Crippen molar-refractivity contribution < 1.29 is 9.13 Å². The third-order valence-electron chi connectivity index (χ3n) is 2.72. The van der Waals surface area contributed by atoms with Gasteiger partial charge in [0.1, 0.15) is 11.6 Å². The second-order valence-electron chi connectivity index (χ2n) is 4.18. The van der Waals surface area contributed by atoms with Gasteiger partial charge >= 0.3 is 0 Å². The second-order valence-corrected chi connectivity index (χ2v) is 5.10. The second kappa shape index (κ2) is 6.02. The first kappa shape index (κ1) is 13.8. The molecule has 1 aromatic heterocycles. The van der Waals surface area contributed by atoms with E-state index in [4.69, 9.17) is 4.74 Å². The maximum absolute atomic E-state index is 13.1. The van der Waals surface area contributed by atoms with Crippen LogP contribution in [0, 0.1) is 5.82 Å². The molecule has 2 aromatic rings. The summed E-state index contributed by atoms with van der Waals surface area (Å²) in [6.45, 7) is 1.95. The van der Waals surface area contributed by atoms with Crippen molar-refractivity contribution in [2.24, 2.45) is 0 Å². The standard InChI is InChI=1S/C14H14BrFN2O/c1-9(10-3-12(16)8-17-7-10)18-13-4-11(15)5-14(6-13)19-2/h3-9,18H,1-2H3. The molecule has 0 aliphatic carbocycles. The summed E-state index contributed by atoms with van der Waals surface area (Å²) in [4.78, 5) is 3.85. The van der Waals surface area contributed by atoms with E-state index in [0.29, 0.717) is 0 Å². The van der Waals surface area contributed by atoms with Gasteiger partial charge in [-0.05, 0) is 30.7 Å². The van der Waals surface area contributed by atoms with E-state index in [-0.39, 0.29) is 11.9 Å². The summed E-state index contributed by atoms with van der Waals surface area (Å²) in [7, 11) is 1.62. The third-order valence-corrected chi connectivity index (χ3v) is 3.17. The van der Waals surface area contributed by atoms with E-state index in [1.54, 1.807) is 13.3 Å². The first-order chi connectivity index (χ1) is 9.08. The minimum atomic E-state index is -0.335. The molecule has 0 aliphatic heterocycles. The van der Waals surface area contributed by atoms with Crippen molar-refractivity contribution in [2.75, 3.05) is 12.4 Å². The number of nitrogens with zero attached hydrogens (tertiary/aromatic N) is 1. The Bertz CT molecular complexity index is 577. The van der Waals surface area contributed by atoms with Gasteiger partial charge in [-0.25, -0.2) is 4.39 Å². The fourth-order valence-corrected chi connectivity index (χ4v) is 2.23. The van der Waals surface area contributed by atoms with Crippen LogP contribution in [0.2, 0.25) is 0 Å². The molecule has 1 unspecified atom stereocenters. The summed E-state index contributed by atoms with van der Waals surface area (Å²) in [5, 5.41) is 3.28. The van der Waals surface area contributed by atoms with E-state index < -0.39 is 0 Å². The summed E-state index contributed by atoms with van der Waals surface area (Å²) < 4.78 is 19.2. The van der Waals surface area contributed by atoms with E-state index in [2.05, 4.69) is 26.2 Å². The average molecular weight is 325 g/mol. The number of halogens is 2. The van der Waals surface area contributed by atoms with E-state index in [1.807, 2.05) is 25.1 Å². The normalized spacial score (nSPS) is 12.0. The van der Waals surface area contributed by atoms with Crippen LogP contribution < -0.4 is 10.1 Å². The molecule has 19 heavy (non-hydrogen) atoms. The quantitative estimate of drug-likeness (QED) is 0.916. The molecule has 0 fully saturated rings. The molecule has 1 N–H and O–H groups in total. The maximum Gasteiger partial charge on any atom is 0.141 e. The Kier molecular flexibility index (Phi) is 4.37. The van der Waals surface area contributed by atoms with Gasteiger partial charge in [0, 0.05) is 22.4 Å². The fourth-order valence-electron chi connectivity index (χ4n) is 1.76. The number of pyridine rings is 1. The van der Waals surface area contributed by atoms with Crippen LogP contribution >= 0.6 is 15.9 Å². The molecular formula is C14H14BrFN2O. The van der Waals surface area contributed by atoms with Gasteiger partial charge in [-0.3, -0.25) is 4.98 Å². The van der Waals surface area contributed by atoms with Crippen LogP contribution in [-0.4, -0.2) is 12.1 Å². The van der Waals surface area contributed by atoms with Crippen LogP contribution in [-0.2, 0) is 0 Å². The molecular weight excluding hydrogens is 311 g/mol. The Morgan fingerprint density at radius 2 is 2.05 bits per heavy atom. The molecule has 2 rings (SSSR count). The highest BCUT2D eigenvalue weighted by molar-refractivity contribution is 9.10. The van der Waals surface area contributed by atoms with Gasteiger partial charge < -0.3 is 10.1 Å². The van der Waals surface area contributed by atoms with Crippen LogP contribution in [0.25, 0.3) is 0 Å². The van der Waals surface area contributed by atoms with Crippen LogP contribution in [0.4, 0.5) is 10.1 Å². The molecule has 100 valence electrons. The number of ether oxygens (including phenoxy) is 1. The lowest BCUT2D eigenvalue weighted by atomic mass is 10.1. The zero-order valence-electron chi connectivity index (χ0n) is 10.7. The number of hydrogen-bond acceptors (Lipinski definition) is 3. The lowest BCUT2D eigenvalue weighted by Gasteiger charge is -2.16. The number of anilines is 1.